The minimum atomic E-state index is 0.665. The Morgan fingerprint density at radius 2 is 1.63 bits per heavy atom. The second-order valence-corrected chi connectivity index (χ2v) is 6.50. The van der Waals surface area contributed by atoms with E-state index in [1.165, 1.54) is 51.7 Å². The van der Waals surface area contributed by atoms with E-state index in [-0.39, 0.29) is 0 Å². The summed E-state index contributed by atoms with van der Waals surface area (Å²) in [5.41, 5.74) is 0. The fraction of sp³-hybridized carbons (Fsp3) is 1.00. The van der Waals surface area contributed by atoms with E-state index in [1.807, 2.05) is 0 Å². The summed E-state index contributed by atoms with van der Waals surface area (Å²) in [6.45, 7) is 15.6. The minimum Gasteiger partial charge on any atom is -0.311 e. The fourth-order valence-corrected chi connectivity index (χ4v) is 3.68. The van der Waals surface area contributed by atoms with Gasteiger partial charge in [0.2, 0.25) is 0 Å². The molecule has 1 rings (SSSR count). The van der Waals surface area contributed by atoms with E-state index in [4.69, 9.17) is 0 Å². The van der Waals surface area contributed by atoms with Crippen molar-refractivity contribution in [3.8, 4) is 0 Å². The maximum atomic E-state index is 3.88. The third-order valence-electron chi connectivity index (χ3n) is 5.16. The summed E-state index contributed by atoms with van der Waals surface area (Å²) in [7, 11) is 0. The van der Waals surface area contributed by atoms with Gasteiger partial charge in [0, 0.05) is 12.1 Å². The molecular formula is C17H36N2. The molecule has 0 amide bonds. The average molecular weight is 268 g/mol. The SMILES string of the molecule is CCCN1CCC(C(C)NC(C)C(CC)CC)CC1. The second kappa shape index (κ2) is 8.97. The normalized spacial score (nSPS) is 21.8. The van der Waals surface area contributed by atoms with Crippen LogP contribution in [0.2, 0.25) is 0 Å². The summed E-state index contributed by atoms with van der Waals surface area (Å²) >= 11 is 0. The fourth-order valence-electron chi connectivity index (χ4n) is 3.68. The Labute approximate surface area is 121 Å². The monoisotopic (exact) mass is 268 g/mol. The van der Waals surface area contributed by atoms with Crippen LogP contribution in [0, 0.1) is 11.8 Å². The van der Waals surface area contributed by atoms with Crippen LogP contribution in [0.4, 0.5) is 0 Å². The van der Waals surface area contributed by atoms with Crippen molar-refractivity contribution in [3.63, 3.8) is 0 Å². The van der Waals surface area contributed by atoms with E-state index >= 15 is 0 Å². The molecule has 1 saturated heterocycles. The van der Waals surface area contributed by atoms with Gasteiger partial charge in [0.15, 0.2) is 0 Å². The Hall–Kier alpha value is -0.0800. The predicted octanol–water partition coefficient (Wildman–Crippen LogP) is 3.91. The Morgan fingerprint density at radius 3 is 2.11 bits per heavy atom. The summed E-state index contributed by atoms with van der Waals surface area (Å²) in [6.07, 6.45) is 6.65. The van der Waals surface area contributed by atoms with Gasteiger partial charge in [-0.05, 0) is 64.6 Å². The molecule has 1 aliphatic rings. The lowest BCUT2D eigenvalue weighted by atomic mass is 9.88. The van der Waals surface area contributed by atoms with Gasteiger partial charge in [0.25, 0.3) is 0 Å². The van der Waals surface area contributed by atoms with Crippen molar-refractivity contribution in [1.82, 2.24) is 10.2 Å². The Balaban J connectivity index is 2.32. The van der Waals surface area contributed by atoms with Crippen molar-refractivity contribution in [3.05, 3.63) is 0 Å². The Morgan fingerprint density at radius 1 is 1.05 bits per heavy atom. The third-order valence-corrected chi connectivity index (χ3v) is 5.16. The van der Waals surface area contributed by atoms with Gasteiger partial charge < -0.3 is 10.2 Å². The molecule has 0 spiro atoms. The van der Waals surface area contributed by atoms with Gasteiger partial charge in [-0.25, -0.2) is 0 Å². The van der Waals surface area contributed by atoms with Crippen molar-refractivity contribution in [1.29, 1.82) is 0 Å². The molecule has 0 aromatic carbocycles. The van der Waals surface area contributed by atoms with Crippen molar-refractivity contribution in [2.75, 3.05) is 19.6 Å². The Bertz CT molecular complexity index is 217. The highest BCUT2D eigenvalue weighted by Gasteiger charge is 2.25. The number of piperidine rings is 1. The third kappa shape index (κ3) is 5.43. The predicted molar refractivity (Wildman–Crippen MR) is 85.6 cm³/mol. The van der Waals surface area contributed by atoms with Gasteiger partial charge in [-0.15, -0.1) is 0 Å². The van der Waals surface area contributed by atoms with E-state index in [9.17, 15) is 0 Å². The molecule has 2 heteroatoms. The summed E-state index contributed by atoms with van der Waals surface area (Å²) in [5.74, 6) is 1.72. The van der Waals surface area contributed by atoms with Gasteiger partial charge in [0.05, 0.1) is 0 Å². The molecule has 19 heavy (non-hydrogen) atoms. The van der Waals surface area contributed by atoms with Gasteiger partial charge in [-0.1, -0.05) is 33.6 Å². The highest BCUT2D eigenvalue weighted by Crippen LogP contribution is 2.22. The number of rotatable bonds is 8. The lowest BCUT2D eigenvalue weighted by Gasteiger charge is -2.37. The second-order valence-electron chi connectivity index (χ2n) is 6.50. The number of likely N-dealkylation sites (tertiary alicyclic amines) is 1. The summed E-state index contributed by atoms with van der Waals surface area (Å²) in [6, 6.07) is 1.35. The zero-order valence-electron chi connectivity index (χ0n) is 13.9. The van der Waals surface area contributed by atoms with E-state index in [2.05, 4.69) is 44.8 Å². The number of hydrogen-bond acceptors (Lipinski definition) is 2. The van der Waals surface area contributed by atoms with E-state index in [0.717, 1.165) is 11.8 Å². The van der Waals surface area contributed by atoms with Crippen molar-refractivity contribution >= 4 is 0 Å². The van der Waals surface area contributed by atoms with E-state index < -0.39 is 0 Å². The highest BCUT2D eigenvalue weighted by atomic mass is 15.1. The molecule has 0 bridgehead atoms. The molecule has 0 aromatic heterocycles. The van der Waals surface area contributed by atoms with Gasteiger partial charge in [-0.2, -0.15) is 0 Å². The van der Waals surface area contributed by atoms with E-state index in [0.29, 0.717) is 12.1 Å². The molecule has 0 aliphatic carbocycles. The number of nitrogens with zero attached hydrogens (tertiary/aromatic N) is 1. The van der Waals surface area contributed by atoms with Crippen molar-refractivity contribution in [2.24, 2.45) is 11.8 Å². The molecule has 114 valence electrons. The molecule has 1 N–H and O–H groups in total. The summed E-state index contributed by atoms with van der Waals surface area (Å²) < 4.78 is 0. The number of hydrogen-bond donors (Lipinski definition) is 1. The largest absolute Gasteiger partial charge is 0.311 e. The van der Waals surface area contributed by atoms with Crippen molar-refractivity contribution in [2.45, 2.75) is 78.8 Å². The van der Waals surface area contributed by atoms with Crippen LogP contribution in [0.25, 0.3) is 0 Å². The van der Waals surface area contributed by atoms with Crippen LogP contribution in [-0.4, -0.2) is 36.6 Å². The first-order valence-corrected chi connectivity index (χ1v) is 8.60. The highest BCUT2D eigenvalue weighted by molar-refractivity contribution is 4.82. The molecular weight excluding hydrogens is 232 g/mol. The number of nitrogens with one attached hydrogen (secondary N) is 1. The van der Waals surface area contributed by atoms with Crippen molar-refractivity contribution < 1.29 is 0 Å². The van der Waals surface area contributed by atoms with Crippen LogP contribution >= 0.6 is 0 Å². The molecule has 1 fully saturated rings. The first-order valence-electron chi connectivity index (χ1n) is 8.60. The molecule has 0 saturated carbocycles. The van der Waals surface area contributed by atoms with Gasteiger partial charge in [0.1, 0.15) is 0 Å². The topological polar surface area (TPSA) is 15.3 Å². The average Bonchev–Trinajstić information content (AvgIpc) is 2.41. The molecule has 1 aliphatic heterocycles. The van der Waals surface area contributed by atoms with Gasteiger partial charge in [-0.3, -0.25) is 0 Å². The zero-order chi connectivity index (χ0) is 14.3. The van der Waals surface area contributed by atoms with Crippen LogP contribution in [0.5, 0.6) is 0 Å². The Kier molecular flexibility index (Phi) is 8.01. The van der Waals surface area contributed by atoms with Crippen LogP contribution in [-0.2, 0) is 0 Å². The van der Waals surface area contributed by atoms with Crippen LogP contribution in [0.3, 0.4) is 0 Å². The molecule has 0 radical (unpaired) electrons. The minimum absolute atomic E-state index is 0.665. The summed E-state index contributed by atoms with van der Waals surface area (Å²) in [4.78, 5) is 2.63. The lowest BCUT2D eigenvalue weighted by Crippen LogP contribution is -2.46. The van der Waals surface area contributed by atoms with Crippen LogP contribution in [0.15, 0.2) is 0 Å². The molecule has 2 atom stereocenters. The smallest absolute Gasteiger partial charge is 0.00705 e. The molecule has 2 nitrogen and oxygen atoms in total. The lowest BCUT2D eigenvalue weighted by molar-refractivity contribution is 0.154. The van der Waals surface area contributed by atoms with Gasteiger partial charge >= 0.3 is 0 Å². The van der Waals surface area contributed by atoms with Crippen LogP contribution < -0.4 is 5.32 Å². The molecule has 1 heterocycles. The standard InChI is InChI=1S/C17H36N2/c1-6-11-19-12-9-17(10-13-19)15(5)18-14(4)16(7-2)8-3/h14-18H,6-13H2,1-5H3. The zero-order valence-corrected chi connectivity index (χ0v) is 13.9. The molecule has 0 aromatic rings. The molecule has 2 unspecified atom stereocenters. The first-order chi connectivity index (χ1) is 9.12. The maximum Gasteiger partial charge on any atom is 0.00705 e. The first kappa shape index (κ1) is 17.0. The summed E-state index contributed by atoms with van der Waals surface area (Å²) in [5, 5.41) is 3.88. The van der Waals surface area contributed by atoms with E-state index in [1.54, 1.807) is 0 Å². The van der Waals surface area contributed by atoms with Crippen LogP contribution in [0.1, 0.15) is 66.7 Å². The quantitative estimate of drug-likeness (QED) is 0.718. The maximum absolute atomic E-state index is 3.88.